The summed E-state index contributed by atoms with van der Waals surface area (Å²) in [6.07, 6.45) is 0. The Kier molecular flexibility index (Phi) is 10.1. The highest BCUT2D eigenvalue weighted by Gasteiger charge is 2.33. The van der Waals surface area contributed by atoms with Gasteiger partial charge in [-0.25, -0.2) is 8.42 Å². The van der Waals surface area contributed by atoms with Crippen LogP contribution in [0.5, 0.6) is 11.5 Å². The van der Waals surface area contributed by atoms with Crippen molar-refractivity contribution in [1.29, 1.82) is 0 Å². The lowest BCUT2D eigenvalue weighted by molar-refractivity contribution is -0.139. The van der Waals surface area contributed by atoms with E-state index in [1.165, 1.54) is 24.1 Å². The molecule has 0 saturated carbocycles. The van der Waals surface area contributed by atoms with Crippen LogP contribution < -0.4 is 14.4 Å². The molecule has 0 saturated heterocycles. The third-order valence-corrected chi connectivity index (χ3v) is 9.01. The maximum absolute atomic E-state index is 13.9. The summed E-state index contributed by atoms with van der Waals surface area (Å²) in [5.41, 5.74) is 0.667. The van der Waals surface area contributed by atoms with Gasteiger partial charge >= 0.3 is 0 Å². The second kappa shape index (κ2) is 13.7. The number of ether oxygens (including phenoxy) is 1. The molecule has 218 valence electrons. The molecule has 0 aliphatic heterocycles. The van der Waals surface area contributed by atoms with Crippen LogP contribution in [0.15, 0.2) is 108 Å². The number of anilines is 1. The number of halogens is 2. The van der Waals surface area contributed by atoms with E-state index in [9.17, 15) is 18.0 Å². The number of para-hydroxylation sites is 1. The number of carbonyl (C=O) groups excluding carboxylic acids is 2. The first-order valence-corrected chi connectivity index (χ1v) is 15.2. The van der Waals surface area contributed by atoms with Gasteiger partial charge in [0.1, 0.15) is 24.1 Å². The summed E-state index contributed by atoms with van der Waals surface area (Å²) in [7, 11) is -2.75. The third-order valence-electron chi connectivity index (χ3n) is 6.52. The monoisotopic (exact) mass is 625 g/mol. The summed E-state index contributed by atoms with van der Waals surface area (Å²) < 4.78 is 34.6. The molecule has 42 heavy (non-hydrogen) atoms. The lowest BCUT2D eigenvalue weighted by atomic mass is 10.1. The number of amides is 2. The summed E-state index contributed by atoms with van der Waals surface area (Å²) in [5.74, 6) is 0.0282. The molecular formula is C31H29Cl2N3O5S. The van der Waals surface area contributed by atoms with Crippen molar-refractivity contribution in [3.63, 3.8) is 0 Å². The van der Waals surface area contributed by atoms with Crippen LogP contribution >= 0.6 is 23.2 Å². The van der Waals surface area contributed by atoms with Crippen molar-refractivity contribution in [1.82, 2.24) is 10.2 Å². The summed E-state index contributed by atoms with van der Waals surface area (Å²) >= 11 is 12.8. The van der Waals surface area contributed by atoms with Crippen molar-refractivity contribution < 1.29 is 22.7 Å². The average molecular weight is 627 g/mol. The molecular weight excluding hydrogens is 597 g/mol. The summed E-state index contributed by atoms with van der Waals surface area (Å²) in [6, 6.07) is 27.3. The van der Waals surface area contributed by atoms with Crippen molar-refractivity contribution in [3.8, 4) is 11.5 Å². The molecule has 4 aromatic carbocycles. The van der Waals surface area contributed by atoms with E-state index in [1.54, 1.807) is 79.7 Å². The van der Waals surface area contributed by atoms with Crippen molar-refractivity contribution in [2.45, 2.75) is 24.4 Å². The Bertz CT molecular complexity index is 1620. The molecule has 0 aromatic heterocycles. The molecule has 0 aliphatic rings. The smallest absolute Gasteiger partial charge is 0.264 e. The first kappa shape index (κ1) is 30.9. The lowest BCUT2D eigenvalue weighted by Crippen LogP contribution is -2.50. The minimum atomic E-state index is -4.20. The molecule has 0 fully saturated rings. The van der Waals surface area contributed by atoms with Crippen LogP contribution in [-0.4, -0.2) is 44.8 Å². The molecule has 4 rings (SSSR count). The minimum Gasteiger partial charge on any atom is -0.457 e. The second-order valence-electron chi connectivity index (χ2n) is 9.25. The summed E-state index contributed by atoms with van der Waals surface area (Å²) in [6.45, 7) is 0.835. The van der Waals surface area contributed by atoms with Gasteiger partial charge in [0.2, 0.25) is 11.8 Å². The van der Waals surface area contributed by atoms with Gasteiger partial charge in [-0.05, 0) is 67.6 Å². The number of likely N-dealkylation sites (N-methyl/N-ethyl adjacent to an activating group) is 1. The Labute approximate surface area is 255 Å². The summed E-state index contributed by atoms with van der Waals surface area (Å²) in [5, 5.41) is 3.16. The van der Waals surface area contributed by atoms with Crippen LogP contribution in [0.25, 0.3) is 0 Å². The SMILES string of the molecule is CNC(=O)[C@H](C)N(Cc1c(Cl)cccc1Cl)C(=O)CN(c1ccc(Oc2ccccc2)cc1)S(=O)(=O)c1ccccc1. The summed E-state index contributed by atoms with van der Waals surface area (Å²) in [4.78, 5) is 27.9. The quantitative estimate of drug-likeness (QED) is 0.216. The van der Waals surface area contributed by atoms with E-state index in [2.05, 4.69) is 5.32 Å². The first-order valence-electron chi connectivity index (χ1n) is 13.0. The van der Waals surface area contributed by atoms with Crippen molar-refractivity contribution >= 4 is 50.7 Å². The lowest BCUT2D eigenvalue weighted by Gasteiger charge is -2.32. The Morgan fingerprint density at radius 3 is 1.93 bits per heavy atom. The van der Waals surface area contributed by atoms with Crippen LogP contribution in [-0.2, 0) is 26.2 Å². The highest BCUT2D eigenvalue weighted by atomic mass is 35.5. The topological polar surface area (TPSA) is 96.0 Å². The molecule has 0 radical (unpaired) electrons. The zero-order chi connectivity index (χ0) is 30.3. The molecule has 1 N–H and O–H groups in total. The van der Waals surface area contributed by atoms with E-state index in [-0.39, 0.29) is 17.1 Å². The van der Waals surface area contributed by atoms with Crippen LogP contribution in [0.1, 0.15) is 12.5 Å². The van der Waals surface area contributed by atoms with E-state index in [1.807, 2.05) is 18.2 Å². The van der Waals surface area contributed by atoms with Gasteiger partial charge in [-0.1, -0.05) is 65.7 Å². The standard InChI is InChI=1S/C31H29Cl2N3O5S/c1-22(31(38)34-2)35(20-27-28(32)14-9-15-29(27)33)30(37)21-36(42(39,40)26-12-7-4-8-13-26)23-16-18-25(19-17-23)41-24-10-5-3-6-11-24/h3-19,22H,20-21H2,1-2H3,(H,34,38)/t22-/m0/s1. The van der Waals surface area contributed by atoms with Crippen molar-refractivity contribution in [3.05, 3.63) is 119 Å². The fourth-order valence-corrected chi connectivity index (χ4v) is 6.15. The molecule has 0 unspecified atom stereocenters. The van der Waals surface area contributed by atoms with Crippen molar-refractivity contribution in [2.75, 3.05) is 17.9 Å². The number of benzene rings is 4. The maximum Gasteiger partial charge on any atom is 0.264 e. The van der Waals surface area contributed by atoms with E-state index < -0.39 is 34.4 Å². The molecule has 0 bridgehead atoms. The molecule has 8 nitrogen and oxygen atoms in total. The Morgan fingerprint density at radius 1 is 0.810 bits per heavy atom. The van der Waals surface area contributed by atoms with Gasteiger partial charge in [-0.3, -0.25) is 13.9 Å². The number of carbonyl (C=O) groups is 2. The Morgan fingerprint density at radius 2 is 1.36 bits per heavy atom. The maximum atomic E-state index is 13.9. The number of rotatable bonds is 11. The largest absolute Gasteiger partial charge is 0.457 e. The number of hydrogen-bond donors (Lipinski definition) is 1. The molecule has 0 heterocycles. The van der Waals surface area contributed by atoms with E-state index >= 15 is 0 Å². The fraction of sp³-hybridized carbons (Fsp3) is 0.161. The average Bonchev–Trinajstić information content (AvgIpc) is 3.00. The normalized spacial score (nSPS) is 11.8. The van der Waals surface area contributed by atoms with Gasteiger partial charge in [0, 0.05) is 29.2 Å². The van der Waals surface area contributed by atoms with E-state index in [4.69, 9.17) is 27.9 Å². The zero-order valence-electron chi connectivity index (χ0n) is 22.9. The molecule has 2 amide bonds. The van der Waals surface area contributed by atoms with Gasteiger partial charge in [0.25, 0.3) is 10.0 Å². The molecule has 11 heteroatoms. The van der Waals surface area contributed by atoms with Gasteiger partial charge < -0.3 is 15.0 Å². The van der Waals surface area contributed by atoms with E-state index in [0.717, 1.165) is 4.31 Å². The number of nitrogens with one attached hydrogen (secondary N) is 1. The zero-order valence-corrected chi connectivity index (χ0v) is 25.2. The van der Waals surface area contributed by atoms with Crippen LogP contribution in [0.3, 0.4) is 0 Å². The number of nitrogens with zero attached hydrogens (tertiary/aromatic N) is 2. The van der Waals surface area contributed by atoms with Gasteiger partial charge in [0.15, 0.2) is 0 Å². The Balaban J connectivity index is 1.71. The van der Waals surface area contributed by atoms with Gasteiger partial charge in [-0.2, -0.15) is 0 Å². The molecule has 0 aliphatic carbocycles. The molecule has 1 atom stereocenters. The minimum absolute atomic E-state index is 0.00228. The predicted octanol–water partition coefficient (Wildman–Crippen LogP) is 6.14. The molecule has 0 spiro atoms. The van der Waals surface area contributed by atoms with Gasteiger partial charge in [-0.15, -0.1) is 0 Å². The van der Waals surface area contributed by atoms with Crippen LogP contribution in [0.4, 0.5) is 5.69 Å². The van der Waals surface area contributed by atoms with Crippen LogP contribution in [0, 0.1) is 0 Å². The predicted molar refractivity (Wildman–Crippen MR) is 164 cm³/mol. The number of sulfonamides is 1. The van der Waals surface area contributed by atoms with Crippen LogP contribution in [0.2, 0.25) is 10.0 Å². The number of hydrogen-bond acceptors (Lipinski definition) is 5. The Hall–Kier alpha value is -4.05. The highest BCUT2D eigenvalue weighted by molar-refractivity contribution is 7.92. The highest BCUT2D eigenvalue weighted by Crippen LogP contribution is 2.30. The van der Waals surface area contributed by atoms with Gasteiger partial charge in [0.05, 0.1) is 10.6 Å². The third kappa shape index (κ3) is 7.23. The van der Waals surface area contributed by atoms with E-state index in [0.29, 0.717) is 27.1 Å². The molecule has 4 aromatic rings. The van der Waals surface area contributed by atoms with Crippen molar-refractivity contribution in [2.24, 2.45) is 0 Å². The second-order valence-corrected chi connectivity index (χ2v) is 11.9. The fourth-order valence-electron chi connectivity index (χ4n) is 4.20. The first-order chi connectivity index (χ1) is 20.1.